The third kappa shape index (κ3) is 12.1. The third-order valence-corrected chi connectivity index (χ3v) is 8.34. The number of hydrogen-bond donors (Lipinski definition) is 0. The fourth-order valence-electron chi connectivity index (χ4n) is 5.71. The van der Waals surface area contributed by atoms with Crippen LogP contribution in [0.15, 0.2) is 188 Å². The van der Waals surface area contributed by atoms with Gasteiger partial charge in [-0.25, -0.2) is 0 Å². The third-order valence-electron chi connectivity index (χ3n) is 8.34. The van der Waals surface area contributed by atoms with Crippen LogP contribution in [0.5, 0.6) is 0 Å². The van der Waals surface area contributed by atoms with Gasteiger partial charge in [0.05, 0.1) is 0 Å². The van der Waals surface area contributed by atoms with E-state index in [9.17, 15) is 0 Å². The Hall–Kier alpha value is -5.41. The predicted molar refractivity (Wildman–Crippen MR) is 224 cm³/mol. The van der Waals surface area contributed by atoms with Crippen molar-refractivity contribution in [2.24, 2.45) is 0 Å². The minimum absolute atomic E-state index is 0. The van der Waals surface area contributed by atoms with Gasteiger partial charge in [0.1, 0.15) is 0 Å². The normalized spacial score (nSPS) is 10.6. The molecule has 0 N–H and O–H groups in total. The van der Waals surface area contributed by atoms with Crippen molar-refractivity contribution in [3.05, 3.63) is 253 Å². The second-order valence-corrected chi connectivity index (χ2v) is 12.4. The SMILES string of the molecule is Cc1cccc(C)c1[N-]C([N-]Cc1ccccc1)n1c2ccccc2c2ccccc21.[CH2-]c1ccccc1.[CH2-]c1ccccc1.[CH2-]c1ccccc1.[Zr]. The van der Waals surface area contributed by atoms with Crippen molar-refractivity contribution < 1.29 is 26.2 Å². The standard InChI is InChI=1S/C28H25N3.3C7H7.Zr/c1-20-11-10-12-21(2)27(20)30-28(29-19-22-13-4-3-5-14-22)31-25-17-8-6-15-23(25)24-16-7-9-18-26(24)31;3*1-7-5-3-2-4-6-7;/h3-18,28H,19H2,1-2H3;3*2-6H,1H2;/q-2;3*-1;. The first-order valence-corrected chi connectivity index (χ1v) is 17.5. The topological polar surface area (TPSA) is 33.1 Å². The van der Waals surface area contributed by atoms with Gasteiger partial charge < -0.3 is 15.2 Å². The van der Waals surface area contributed by atoms with E-state index in [1.54, 1.807) is 0 Å². The van der Waals surface area contributed by atoms with E-state index in [0.717, 1.165) is 33.4 Å². The van der Waals surface area contributed by atoms with Crippen molar-refractivity contribution in [1.29, 1.82) is 0 Å². The first-order chi connectivity index (χ1) is 25.4. The Bertz CT molecular complexity index is 2050. The summed E-state index contributed by atoms with van der Waals surface area (Å²) in [7, 11) is 0. The maximum atomic E-state index is 5.21. The molecule has 266 valence electrons. The molecule has 0 fully saturated rings. The zero-order valence-electron chi connectivity index (χ0n) is 30.6. The predicted octanol–water partition coefficient (Wildman–Crippen LogP) is 13.8. The minimum atomic E-state index is -0.357. The summed E-state index contributed by atoms with van der Waals surface area (Å²) in [4.78, 5) is 0. The fourth-order valence-corrected chi connectivity index (χ4v) is 5.71. The Morgan fingerprint density at radius 3 is 1.19 bits per heavy atom. The number of benzene rings is 7. The molecule has 1 atom stereocenters. The molecule has 0 aliphatic rings. The number of fused-ring (bicyclic) bond motifs is 3. The smallest absolute Gasteiger partial charge is 0.0463 e. The van der Waals surface area contributed by atoms with Crippen LogP contribution in [-0.2, 0) is 32.7 Å². The molecule has 0 spiro atoms. The van der Waals surface area contributed by atoms with E-state index < -0.39 is 0 Å². The monoisotopic (exact) mass is 766 g/mol. The van der Waals surface area contributed by atoms with Crippen molar-refractivity contribution in [3.8, 4) is 0 Å². The van der Waals surface area contributed by atoms with Crippen molar-refractivity contribution in [1.82, 2.24) is 4.57 Å². The zero-order valence-corrected chi connectivity index (χ0v) is 33.1. The Balaban J connectivity index is 0.000000229. The van der Waals surface area contributed by atoms with E-state index in [4.69, 9.17) is 10.6 Å². The Kier molecular flexibility index (Phi) is 16.1. The average molecular weight is 768 g/mol. The van der Waals surface area contributed by atoms with Crippen LogP contribution in [0.1, 0.15) is 39.7 Å². The van der Waals surface area contributed by atoms with Gasteiger partial charge in [0.15, 0.2) is 0 Å². The number of aryl methyl sites for hydroxylation is 2. The van der Waals surface area contributed by atoms with Gasteiger partial charge in [0.25, 0.3) is 0 Å². The number of para-hydroxylation sites is 3. The summed E-state index contributed by atoms with van der Waals surface area (Å²) in [5.74, 6) is 0. The molecular weight excluding hydrogens is 722 g/mol. The summed E-state index contributed by atoms with van der Waals surface area (Å²) >= 11 is 0. The molecule has 1 aromatic heterocycles. The van der Waals surface area contributed by atoms with Crippen molar-refractivity contribution in [2.45, 2.75) is 26.7 Å². The molecule has 4 heteroatoms. The summed E-state index contributed by atoms with van der Waals surface area (Å²) < 4.78 is 2.28. The first kappa shape index (κ1) is 40.4. The van der Waals surface area contributed by atoms with E-state index in [-0.39, 0.29) is 32.5 Å². The molecule has 0 aliphatic carbocycles. The number of nitrogens with zero attached hydrogens (tertiary/aromatic N) is 3. The second-order valence-electron chi connectivity index (χ2n) is 12.4. The maximum Gasteiger partial charge on any atom is 0.0463 e. The molecule has 3 nitrogen and oxygen atoms in total. The van der Waals surface area contributed by atoms with Crippen LogP contribution >= 0.6 is 0 Å². The number of hydrogen-bond acceptors (Lipinski definition) is 0. The van der Waals surface area contributed by atoms with Crippen LogP contribution in [-0.4, -0.2) is 4.57 Å². The van der Waals surface area contributed by atoms with Crippen LogP contribution in [0.25, 0.3) is 32.4 Å². The van der Waals surface area contributed by atoms with Crippen molar-refractivity contribution in [3.63, 3.8) is 0 Å². The second kappa shape index (κ2) is 21.2. The minimum Gasteiger partial charge on any atom is -0.682 e. The zero-order chi connectivity index (χ0) is 36.5. The molecule has 8 rings (SSSR count). The van der Waals surface area contributed by atoms with Gasteiger partial charge in [0.2, 0.25) is 0 Å². The van der Waals surface area contributed by atoms with Gasteiger partial charge in [-0.2, -0.15) is 73.9 Å². The van der Waals surface area contributed by atoms with E-state index in [0.29, 0.717) is 6.54 Å². The van der Waals surface area contributed by atoms with Crippen LogP contribution in [0, 0.1) is 34.6 Å². The van der Waals surface area contributed by atoms with Crippen LogP contribution in [0.3, 0.4) is 0 Å². The Labute approximate surface area is 335 Å². The summed E-state index contributed by atoms with van der Waals surface area (Å²) in [6.07, 6.45) is -0.357. The molecule has 0 saturated heterocycles. The molecule has 0 radical (unpaired) electrons. The Morgan fingerprint density at radius 1 is 0.453 bits per heavy atom. The van der Waals surface area contributed by atoms with Gasteiger partial charge in [-0.05, 0) is 26.0 Å². The summed E-state index contributed by atoms with van der Waals surface area (Å²) in [5, 5.41) is 12.8. The van der Waals surface area contributed by atoms with Crippen LogP contribution < -0.4 is 0 Å². The molecule has 7 aromatic carbocycles. The fraction of sp³-hybridized carbons (Fsp3) is 0.0816. The number of rotatable bonds is 6. The molecule has 0 aliphatic heterocycles. The van der Waals surface area contributed by atoms with Gasteiger partial charge in [-0.15, -0.1) is 54.9 Å². The van der Waals surface area contributed by atoms with Gasteiger partial charge in [-0.1, -0.05) is 120 Å². The van der Waals surface area contributed by atoms with Crippen LogP contribution in [0.4, 0.5) is 5.69 Å². The van der Waals surface area contributed by atoms with Crippen molar-refractivity contribution in [2.75, 3.05) is 0 Å². The van der Waals surface area contributed by atoms with Gasteiger partial charge in [0, 0.05) is 48.0 Å². The average Bonchev–Trinajstić information content (AvgIpc) is 3.51. The quantitative estimate of drug-likeness (QED) is 0.151. The van der Waals surface area contributed by atoms with Gasteiger partial charge >= 0.3 is 0 Å². The Morgan fingerprint density at radius 2 is 0.811 bits per heavy atom. The largest absolute Gasteiger partial charge is 0.682 e. The summed E-state index contributed by atoms with van der Waals surface area (Å²) in [6.45, 7) is 16.0. The van der Waals surface area contributed by atoms with E-state index in [1.807, 2.05) is 97.1 Å². The molecular formula is C49H46N3Zr-5. The molecule has 1 heterocycles. The van der Waals surface area contributed by atoms with Gasteiger partial charge in [-0.3, -0.25) is 0 Å². The van der Waals surface area contributed by atoms with E-state index in [1.165, 1.54) is 27.5 Å². The van der Waals surface area contributed by atoms with E-state index >= 15 is 0 Å². The summed E-state index contributed by atoms with van der Waals surface area (Å²) in [6, 6.07) is 63.4. The molecule has 53 heavy (non-hydrogen) atoms. The van der Waals surface area contributed by atoms with Crippen LogP contribution in [0.2, 0.25) is 0 Å². The molecule has 0 saturated carbocycles. The molecule has 1 unspecified atom stereocenters. The van der Waals surface area contributed by atoms with E-state index in [2.05, 4.69) is 130 Å². The molecule has 8 aromatic rings. The molecule has 0 amide bonds. The maximum absolute atomic E-state index is 5.21. The first-order valence-electron chi connectivity index (χ1n) is 17.5. The van der Waals surface area contributed by atoms with Crippen molar-refractivity contribution >= 4 is 27.5 Å². The summed E-state index contributed by atoms with van der Waals surface area (Å²) in [5.41, 5.74) is 10.1. The number of aromatic nitrogens is 1. The molecule has 0 bridgehead atoms.